The van der Waals surface area contributed by atoms with E-state index >= 15 is 0 Å². The molecule has 0 aromatic heterocycles. The number of unbranched alkanes of at least 4 members (excludes halogenated alkanes) is 13. The molecule has 0 aromatic carbocycles. The second-order valence-corrected chi connectivity index (χ2v) is 12.0. The number of carbonyl (C=O) groups is 1. The third-order valence-electron chi connectivity index (χ3n) is 7.87. The fraction of sp³-hybridized carbons (Fsp3) is 0.857. The average molecular weight is 629 g/mol. The fourth-order valence-corrected chi connectivity index (χ4v) is 5.03. The molecular formula is C35H64O9. The van der Waals surface area contributed by atoms with Crippen LogP contribution in [0, 0.1) is 0 Å². The van der Waals surface area contributed by atoms with E-state index in [1.165, 1.54) is 57.8 Å². The quantitative estimate of drug-likeness (QED) is 0.0474. The summed E-state index contributed by atoms with van der Waals surface area (Å²) in [6.45, 7) is 4.41. The summed E-state index contributed by atoms with van der Waals surface area (Å²) < 4.78 is 22.5. The third-order valence-corrected chi connectivity index (χ3v) is 7.87. The number of rotatable bonds is 28. The maximum Gasteiger partial charge on any atom is 0.306 e. The first-order valence-corrected chi connectivity index (χ1v) is 17.4. The number of ether oxygens (including phenoxy) is 4. The highest BCUT2D eigenvalue weighted by Crippen LogP contribution is 2.22. The van der Waals surface area contributed by atoms with Crippen LogP contribution in [0.4, 0.5) is 0 Å². The first-order valence-electron chi connectivity index (χ1n) is 17.4. The molecule has 44 heavy (non-hydrogen) atoms. The number of aliphatic hydroxyl groups excluding tert-OH is 4. The van der Waals surface area contributed by atoms with Crippen LogP contribution in [0.1, 0.15) is 129 Å². The first-order chi connectivity index (χ1) is 21.4. The van der Waals surface area contributed by atoms with Crippen molar-refractivity contribution in [3.63, 3.8) is 0 Å². The summed E-state index contributed by atoms with van der Waals surface area (Å²) in [5.74, 6) is -0.329. The Kier molecular flexibility index (Phi) is 25.8. The molecule has 0 aliphatic carbocycles. The molecule has 0 amide bonds. The third kappa shape index (κ3) is 19.9. The molecule has 1 heterocycles. The maximum absolute atomic E-state index is 12.5. The predicted octanol–water partition coefficient (Wildman–Crippen LogP) is 5.91. The number of aliphatic hydroxyl groups is 4. The molecule has 0 saturated carbocycles. The van der Waals surface area contributed by atoms with Gasteiger partial charge >= 0.3 is 5.97 Å². The van der Waals surface area contributed by atoms with Crippen molar-refractivity contribution in [2.24, 2.45) is 0 Å². The summed E-state index contributed by atoms with van der Waals surface area (Å²) in [5.41, 5.74) is 0. The lowest BCUT2D eigenvalue weighted by atomic mass is 9.99. The molecule has 9 heteroatoms. The van der Waals surface area contributed by atoms with E-state index in [0.29, 0.717) is 13.0 Å². The Morgan fingerprint density at radius 3 is 2.02 bits per heavy atom. The summed E-state index contributed by atoms with van der Waals surface area (Å²) in [7, 11) is 0. The van der Waals surface area contributed by atoms with E-state index in [1.807, 2.05) is 0 Å². The van der Waals surface area contributed by atoms with Crippen molar-refractivity contribution in [3.05, 3.63) is 24.3 Å². The second kappa shape index (κ2) is 27.9. The topological polar surface area (TPSA) is 135 Å². The molecule has 9 nitrogen and oxygen atoms in total. The molecule has 0 radical (unpaired) electrons. The van der Waals surface area contributed by atoms with Gasteiger partial charge in [-0.2, -0.15) is 0 Å². The minimum atomic E-state index is -1.53. The number of esters is 1. The van der Waals surface area contributed by atoms with Gasteiger partial charge in [-0.3, -0.25) is 4.79 Å². The van der Waals surface area contributed by atoms with Crippen LogP contribution in [0.3, 0.4) is 0 Å². The molecule has 1 fully saturated rings. The van der Waals surface area contributed by atoms with Gasteiger partial charge in [0.25, 0.3) is 0 Å². The molecule has 0 bridgehead atoms. The van der Waals surface area contributed by atoms with E-state index < -0.39 is 43.4 Å². The Bertz CT molecular complexity index is 727. The first kappa shape index (κ1) is 40.7. The van der Waals surface area contributed by atoms with Gasteiger partial charge in [-0.05, 0) is 38.5 Å². The zero-order valence-corrected chi connectivity index (χ0v) is 27.7. The zero-order valence-electron chi connectivity index (χ0n) is 27.7. The lowest BCUT2D eigenvalue weighted by Gasteiger charge is -2.39. The SMILES string of the molecule is CCCC/C=C\C/C=C\CCCCCCCCOCC(COC1OC(CO)C(O)C(O)C1O)OC(=O)CCCCCCCC. The maximum atomic E-state index is 12.5. The molecule has 6 unspecified atom stereocenters. The number of hydrogen-bond acceptors (Lipinski definition) is 9. The standard InChI is InChI=1S/C35H64O9/c1-3-5-7-9-11-12-13-14-15-16-17-18-19-21-23-25-41-27-29(43-31(37)24-22-20-10-8-6-4-2)28-42-35-34(40)33(39)32(38)30(26-36)44-35/h9,11,13-14,29-30,32-36,38-40H,3-8,10,12,15-28H2,1-2H3/b11-9-,14-13-. The van der Waals surface area contributed by atoms with Crippen LogP contribution in [0.25, 0.3) is 0 Å². The summed E-state index contributed by atoms with van der Waals surface area (Å²) >= 11 is 0. The van der Waals surface area contributed by atoms with Crippen molar-refractivity contribution >= 4 is 5.97 Å². The summed E-state index contributed by atoms with van der Waals surface area (Å²) in [4.78, 5) is 12.5. The molecule has 4 N–H and O–H groups in total. The summed E-state index contributed by atoms with van der Waals surface area (Å²) in [5, 5.41) is 39.7. The van der Waals surface area contributed by atoms with Crippen LogP contribution in [0.5, 0.6) is 0 Å². The Morgan fingerprint density at radius 1 is 0.727 bits per heavy atom. The Labute approximate surface area is 267 Å². The van der Waals surface area contributed by atoms with Crippen LogP contribution >= 0.6 is 0 Å². The monoisotopic (exact) mass is 628 g/mol. The average Bonchev–Trinajstić information content (AvgIpc) is 3.02. The predicted molar refractivity (Wildman–Crippen MR) is 173 cm³/mol. The fourth-order valence-electron chi connectivity index (χ4n) is 5.03. The lowest BCUT2D eigenvalue weighted by Crippen LogP contribution is -2.59. The summed E-state index contributed by atoms with van der Waals surface area (Å²) in [6, 6.07) is 0. The van der Waals surface area contributed by atoms with Gasteiger partial charge in [-0.25, -0.2) is 0 Å². The zero-order chi connectivity index (χ0) is 32.3. The van der Waals surface area contributed by atoms with Crippen molar-refractivity contribution in [2.45, 2.75) is 166 Å². The Morgan fingerprint density at radius 2 is 1.34 bits per heavy atom. The van der Waals surface area contributed by atoms with Crippen LogP contribution < -0.4 is 0 Å². The van der Waals surface area contributed by atoms with Crippen LogP contribution in [0.2, 0.25) is 0 Å². The molecule has 258 valence electrons. The number of allylic oxidation sites excluding steroid dienone is 4. The van der Waals surface area contributed by atoms with Crippen molar-refractivity contribution in [2.75, 3.05) is 26.4 Å². The highest BCUT2D eigenvalue weighted by molar-refractivity contribution is 5.69. The lowest BCUT2D eigenvalue weighted by molar-refractivity contribution is -0.305. The van der Waals surface area contributed by atoms with Crippen molar-refractivity contribution in [3.8, 4) is 0 Å². The highest BCUT2D eigenvalue weighted by Gasteiger charge is 2.44. The molecular weight excluding hydrogens is 564 g/mol. The van der Waals surface area contributed by atoms with Gasteiger partial charge in [0.2, 0.25) is 0 Å². The molecule has 1 saturated heterocycles. The molecule has 1 aliphatic heterocycles. The van der Waals surface area contributed by atoms with E-state index in [4.69, 9.17) is 18.9 Å². The largest absolute Gasteiger partial charge is 0.457 e. The van der Waals surface area contributed by atoms with E-state index in [9.17, 15) is 25.2 Å². The van der Waals surface area contributed by atoms with Gasteiger partial charge in [0.15, 0.2) is 6.29 Å². The molecule has 0 spiro atoms. The van der Waals surface area contributed by atoms with E-state index in [2.05, 4.69) is 38.2 Å². The Balaban J connectivity index is 2.32. The van der Waals surface area contributed by atoms with Crippen LogP contribution in [-0.4, -0.2) is 89.6 Å². The van der Waals surface area contributed by atoms with Gasteiger partial charge < -0.3 is 39.4 Å². The van der Waals surface area contributed by atoms with E-state index in [0.717, 1.165) is 51.4 Å². The minimum Gasteiger partial charge on any atom is -0.457 e. The Hall–Kier alpha value is -1.33. The molecule has 6 atom stereocenters. The van der Waals surface area contributed by atoms with Gasteiger partial charge in [-0.15, -0.1) is 0 Å². The molecule has 0 aromatic rings. The highest BCUT2D eigenvalue weighted by atomic mass is 16.7. The van der Waals surface area contributed by atoms with Gasteiger partial charge in [0, 0.05) is 13.0 Å². The van der Waals surface area contributed by atoms with Gasteiger partial charge in [0.05, 0.1) is 19.8 Å². The molecule has 1 rings (SSSR count). The van der Waals surface area contributed by atoms with Crippen LogP contribution in [-0.2, 0) is 23.7 Å². The smallest absolute Gasteiger partial charge is 0.306 e. The van der Waals surface area contributed by atoms with Gasteiger partial charge in [-0.1, -0.05) is 109 Å². The van der Waals surface area contributed by atoms with Crippen LogP contribution in [0.15, 0.2) is 24.3 Å². The normalized spacial score (nSPS) is 23.1. The van der Waals surface area contributed by atoms with Gasteiger partial charge in [0.1, 0.15) is 30.5 Å². The summed E-state index contributed by atoms with van der Waals surface area (Å²) in [6.07, 6.45) is 20.9. The number of hydrogen-bond donors (Lipinski definition) is 4. The van der Waals surface area contributed by atoms with Crippen molar-refractivity contribution in [1.29, 1.82) is 0 Å². The number of carbonyl (C=O) groups excluding carboxylic acids is 1. The van der Waals surface area contributed by atoms with E-state index in [-0.39, 0.29) is 19.2 Å². The van der Waals surface area contributed by atoms with E-state index in [1.54, 1.807) is 0 Å². The molecule has 1 aliphatic rings. The second-order valence-electron chi connectivity index (χ2n) is 12.0. The van der Waals surface area contributed by atoms with Crippen molar-refractivity contribution in [1.82, 2.24) is 0 Å². The van der Waals surface area contributed by atoms with Crippen molar-refractivity contribution < 1.29 is 44.2 Å². The minimum absolute atomic E-state index is 0.117.